The van der Waals surface area contributed by atoms with E-state index in [1.165, 1.54) is 18.0 Å². The number of rotatable bonds is 5. The van der Waals surface area contributed by atoms with E-state index in [0.29, 0.717) is 0 Å². The van der Waals surface area contributed by atoms with Gasteiger partial charge >= 0.3 is 13.9 Å². The van der Waals surface area contributed by atoms with E-state index in [1.807, 2.05) is 0 Å². The van der Waals surface area contributed by atoms with Crippen molar-refractivity contribution in [2.45, 2.75) is 32.0 Å². The van der Waals surface area contributed by atoms with Gasteiger partial charge in [0.2, 0.25) is 5.91 Å². The largest absolute Gasteiger partial charge is 0.394 e. The van der Waals surface area contributed by atoms with E-state index in [1.54, 1.807) is 0 Å². The summed E-state index contributed by atoms with van der Waals surface area (Å²) in [6, 6.07) is -0.548. The lowest BCUT2D eigenvalue weighted by molar-refractivity contribution is -0.133. The molecule has 0 aromatic carbocycles. The molecule has 1 aliphatic heterocycles. The molecule has 1 unspecified atom stereocenters. The molecule has 0 spiro atoms. The van der Waals surface area contributed by atoms with E-state index >= 15 is 0 Å². The number of H-pyrrole nitrogens is 1. The molecular formula is C12H18N3O7P. The molecular weight excluding hydrogens is 329 g/mol. The van der Waals surface area contributed by atoms with E-state index in [4.69, 9.17) is 9.42 Å². The van der Waals surface area contributed by atoms with Gasteiger partial charge < -0.3 is 19.4 Å². The first-order valence-electron chi connectivity index (χ1n) is 6.92. The van der Waals surface area contributed by atoms with E-state index in [2.05, 4.69) is 4.98 Å². The van der Waals surface area contributed by atoms with E-state index < -0.39 is 37.6 Å². The molecule has 0 radical (unpaired) electrons. The van der Waals surface area contributed by atoms with Crippen LogP contribution in [0.1, 0.15) is 12.0 Å². The summed E-state index contributed by atoms with van der Waals surface area (Å²) in [7, 11) is -3.14. The highest BCUT2D eigenvalue weighted by molar-refractivity contribution is 7.32. The first-order chi connectivity index (χ1) is 10.8. The SMILES string of the molecule is Cc1cn(CC(=O)N2C[C@H](O[PH](=O)O)C[C@H]2CO)c(=O)[nH]c1=O. The molecule has 1 saturated heterocycles. The number of aromatic nitrogens is 2. The normalized spacial score (nSPS) is 22.3. The molecule has 1 amide bonds. The minimum atomic E-state index is -3.14. The molecule has 1 fully saturated rings. The Labute approximate surface area is 131 Å². The third kappa shape index (κ3) is 4.17. The summed E-state index contributed by atoms with van der Waals surface area (Å²) < 4.78 is 16.6. The molecule has 128 valence electrons. The van der Waals surface area contributed by atoms with Crippen LogP contribution in [0.25, 0.3) is 0 Å². The Morgan fingerprint density at radius 3 is 2.83 bits per heavy atom. The highest BCUT2D eigenvalue weighted by atomic mass is 31.1. The third-order valence-corrected chi connectivity index (χ3v) is 4.20. The van der Waals surface area contributed by atoms with Crippen LogP contribution in [-0.2, 0) is 20.4 Å². The number of likely N-dealkylation sites (tertiary alicyclic amines) is 1. The van der Waals surface area contributed by atoms with Crippen LogP contribution in [0.15, 0.2) is 15.8 Å². The molecule has 1 aromatic heterocycles. The van der Waals surface area contributed by atoms with Crippen molar-refractivity contribution in [1.29, 1.82) is 0 Å². The minimum Gasteiger partial charge on any atom is -0.394 e. The van der Waals surface area contributed by atoms with Gasteiger partial charge in [-0.25, -0.2) is 4.79 Å². The molecule has 11 heteroatoms. The van der Waals surface area contributed by atoms with Gasteiger partial charge in [0.15, 0.2) is 0 Å². The van der Waals surface area contributed by atoms with Crippen LogP contribution in [0.2, 0.25) is 0 Å². The van der Waals surface area contributed by atoms with E-state index in [-0.39, 0.29) is 31.7 Å². The summed E-state index contributed by atoms with van der Waals surface area (Å²) in [5.74, 6) is -0.457. The van der Waals surface area contributed by atoms with Crippen molar-refractivity contribution < 1.29 is 23.9 Å². The average molecular weight is 347 g/mol. The van der Waals surface area contributed by atoms with Crippen LogP contribution < -0.4 is 11.2 Å². The number of hydrogen-bond acceptors (Lipinski definition) is 6. The lowest BCUT2D eigenvalue weighted by atomic mass is 10.2. The standard InChI is InChI=1S/C12H18N3O7P/c1-7-3-14(12(19)13-11(7)18)5-10(17)15-4-9(22-23(20)21)2-8(15)6-16/h3,8-9,16,23H,2,4-6H2,1H3,(H,20,21)(H,13,18,19)/t8-,9+/m0/s1. The molecule has 0 saturated carbocycles. The molecule has 0 aliphatic carbocycles. The van der Waals surface area contributed by atoms with Gasteiger partial charge in [-0.05, 0) is 13.3 Å². The van der Waals surface area contributed by atoms with Crippen molar-refractivity contribution in [3.8, 4) is 0 Å². The average Bonchev–Trinajstić information content (AvgIpc) is 2.86. The Kier molecular flexibility index (Phi) is 5.53. The maximum absolute atomic E-state index is 12.3. The van der Waals surface area contributed by atoms with Crippen LogP contribution in [0.4, 0.5) is 0 Å². The molecule has 1 aliphatic rings. The van der Waals surface area contributed by atoms with E-state index in [9.17, 15) is 24.1 Å². The second-order valence-corrected chi connectivity index (χ2v) is 6.09. The molecule has 0 bridgehead atoms. The summed E-state index contributed by atoms with van der Waals surface area (Å²) in [6.45, 7) is 0.929. The molecule has 2 rings (SSSR count). The Balaban J connectivity index is 2.13. The van der Waals surface area contributed by atoms with Crippen molar-refractivity contribution in [2.75, 3.05) is 13.2 Å². The fraction of sp³-hybridized carbons (Fsp3) is 0.583. The topological polar surface area (TPSA) is 142 Å². The van der Waals surface area contributed by atoms with Gasteiger partial charge in [0.1, 0.15) is 6.54 Å². The number of hydrogen-bond donors (Lipinski definition) is 3. The Bertz CT molecular complexity index is 728. The van der Waals surface area contributed by atoms with Crippen molar-refractivity contribution in [1.82, 2.24) is 14.5 Å². The monoisotopic (exact) mass is 347 g/mol. The predicted octanol–water partition coefficient (Wildman–Crippen LogP) is -1.79. The summed E-state index contributed by atoms with van der Waals surface area (Å²) in [4.78, 5) is 47.6. The molecule has 10 nitrogen and oxygen atoms in total. The van der Waals surface area contributed by atoms with Gasteiger partial charge in [0, 0.05) is 18.3 Å². The fourth-order valence-electron chi connectivity index (χ4n) is 2.55. The Hall–Kier alpha value is -1.74. The van der Waals surface area contributed by atoms with Gasteiger partial charge in [-0.15, -0.1) is 0 Å². The van der Waals surface area contributed by atoms with Crippen LogP contribution in [0, 0.1) is 6.92 Å². The van der Waals surface area contributed by atoms with Crippen LogP contribution >= 0.6 is 8.25 Å². The van der Waals surface area contributed by atoms with Gasteiger partial charge in [-0.1, -0.05) is 0 Å². The summed E-state index contributed by atoms with van der Waals surface area (Å²) in [5.41, 5.74) is -0.936. The van der Waals surface area contributed by atoms with Crippen molar-refractivity contribution in [3.63, 3.8) is 0 Å². The number of aryl methyl sites for hydroxylation is 1. The molecule has 3 N–H and O–H groups in total. The smallest absolute Gasteiger partial charge is 0.328 e. The van der Waals surface area contributed by atoms with Gasteiger partial charge in [0.05, 0.1) is 18.8 Å². The molecule has 23 heavy (non-hydrogen) atoms. The van der Waals surface area contributed by atoms with E-state index in [0.717, 1.165) is 4.57 Å². The highest BCUT2D eigenvalue weighted by Crippen LogP contribution is 2.27. The molecule has 3 atom stereocenters. The zero-order valence-electron chi connectivity index (χ0n) is 12.4. The molecule has 2 heterocycles. The Morgan fingerprint density at radius 1 is 1.52 bits per heavy atom. The first kappa shape index (κ1) is 17.6. The number of carbonyl (C=O) groups excluding carboxylic acids is 1. The maximum Gasteiger partial charge on any atom is 0.328 e. The zero-order chi connectivity index (χ0) is 17.1. The zero-order valence-corrected chi connectivity index (χ0v) is 13.4. The number of nitrogens with one attached hydrogen (secondary N) is 1. The van der Waals surface area contributed by atoms with Crippen molar-refractivity contribution in [3.05, 3.63) is 32.6 Å². The third-order valence-electron chi connectivity index (χ3n) is 3.67. The molecule has 1 aromatic rings. The number of nitrogens with zero attached hydrogens (tertiary/aromatic N) is 2. The van der Waals surface area contributed by atoms with Crippen molar-refractivity contribution >= 4 is 14.2 Å². The maximum atomic E-state index is 12.3. The number of aliphatic hydroxyl groups is 1. The predicted molar refractivity (Wildman–Crippen MR) is 79.4 cm³/mol. The van der Waals surface area contributed by atoms with Crippen molar-refractivity contribution in [2.24, 2.45) is 0 Å². The first-order valence-corrected chi connectivity index (χ1v) is 8.18. The lowest BCUT2D eigenvalue weighted by Crippen LogP contribution is -2.42. The number of aliphatic hydroxyl groups excluding tert-OH is 1. The van der Waals surface area contributed by atoms with Crippen LogP contribution in [-0.4, -0.2) is 55.7 Å². The van der Waals surface area contributed by atoms with Gasteiger partial charge in [-0.3, -0.25) is 23.7 Å². The summed E-state index contributed by atoms with van der Waals surface area (Å²) >= 11 is 0. The fourth-order valence-corrected chi connectivity index (χ4v) is 3.01. The summed E-state index contributed by atoms with van der Waals surface area (Å²) in [5, 5.41) is 9.34. The summed E-state index contributed by atoms with van der Waals surface area (Å²) in [6.07, 6.45) is 0.879. The van der Waals surface area contributed by atoms with Crippen LogP contribution in [0.5, 0.6) is 0 Å². The Morgan fingerprint density at radius 2 is 2.22 bits per heavy atom. The highest BCUT2D eigenvalue weighted by Gasteiger charge is 2.36. The minimum absolute atomic E-state index is 0.0537. The number of aromatic amines is 1. The lowest BCUT2D eigenvalue weighted by Gasteiger charge is -2.23. The second-order valence-electron chi connectivity index (χ2n) is 5.32. The number of amides is 1. The van der Waals surface area contributed by atoms with Gasteiger partial charge in [0.25, 0.3) is 5.56 Å². The van der Waals surface area contributed by atoms with Crippen LogP contribution in [0.3, 0.4) is 0 Å². The van der Waals surface area contributed by atoms with Gasteiger partial charge in [-0.2, -0.15) is 0 Å². The number of carbonyl (C=O) groups is 1. The second kappa shape index (κ2) is 7.22. The quantitative estimate of drug-likeness (QED) is 0.534.